The minimum atomic E-state index is -0.254. The van der Waals surface area contributed by atoms with E-state index >= 15 is 0 Å². The van der Waals surface area contributed by atoms with Crippen molar-refractivity contribution in [3.8, 4) is 83.7 Å². The smallest absolute Gasteiger partial charge is 0.0619 e. The summed E-state index contributed by atoms with van der Waals surface area (Å²) in [6.45, 7) is 4.80. The molecule has 13 rings (SSSR count). The van der Waals surface area contributed by atoms with Crippen molar-refractivity contribution in [2.24, 2.45) is 0 Å². The highest BCUT2D eigenvalue weighted by atomic mass is 15.1. The molecular formula is C71H52N2. The van der Waals surface area contributed by atoms with Gasteiger partial charge in [-0.1, -0.05) is 226 Å². The normalized spacial score (nSPS) is 12.4. The van der Waals surface area contributed by atoms with Crippen LogP contribution in [0.25, 0.3) is 94.6 Å². The Morgan fingerprint density at radius 2 is 0.658 bits per heavy atom. The van der Waals surface area contributed by atoms with Crippen LogP contribution in [0.3, 0.4) is 0 Å². The van der Waals surface area contributed by atoms with Gasteiger partial charge in [-0.15, -0.1) is 0 Å². The van der Waals surface area contributed by atoms with Crippen molar-refractivity contribution >= 4 is 28.0 Å². The summed E-state index contributed by atoms with van der Waals surface area (Å²) in [6.07, 6.45) is 0. The molecule has 1 aromatic heterocycles. The minimum absolute atomic E-state index is 0.254. The third-order valence-corrected chi connectivity index (χ3v) is 15.0. The second kappa shape index (κ2) is 18.2. The molecule has 0 atom stereocenters. The number of fused-ring (bicyclic) bond motifs is 4. The van der Waals surface area contributed by atoms with E-state index in [0.29, 0.717) is 0 Å². The first-order valence-electron chi connectivity index (χ1n) is 25.3. The maximum atomic E-state index is 2.51. The molecule has 11 aromatic carbocycles. The Balaban J connectivity index is 0.900. The average Bonchev–Trinajstić information content (AvgIpc) is 3.91. The van der Waals surface area contributed by atoms with Crippen LogP contribution in [0, 0.1) is 0 Å². The molecule has 2 heteroatoms. The Labute approximate surface area is 428 Å². The summed E-state index contributed by atoms with van der Waals surface area (Å²) in [4.78, 5) is 2.36. The van der Waals surface area contributed by atoms with Gasteiger partial charge in [0.1, 0.15) is 0 Å². The first-order chi connectivity index (χ1) is 36.0. The van der Waals surface area contributed by atoms with Crippen LogP contribution >= 0.6 is 0 Å². The maximum Gasteiger partial charge on any atom is 0.0619 e. The van der Waals surface area contributed by atoms with E-state index in [1.807, 2.05) is 0 Å². The quantitative estimate of drug-likeness (QED) is 0.133. The highest BCUT2D eigenvalue weighted by Gasteiger charge is 2.37. The van der Waals surface area contributed by atoms with Crippen LogP contribution < -0.4 is 4.90 Å². The number of hydrogen-bond acceptors (Lipinski definition) is 1. The Hall–Kier alpha value is -9.24. The van der Waals surface area contributed by atoms with E-state index in [9.17, 15) is 0 Å². The predicted octanol–water partition coefficient (Wildman–Crippen LogP) is 19.4. The average molecular weight is 933 g/mol. The molecule has 12 aromatic rings. The molecule has 0 spiro atoms. The van der Waals surface area contributed by atoms with Crippen molar-refractivity contribution in [2.45, 2.75) is 19.3 Å². The third-order valence-electron chi connectivity index (χ3n) is 15.0. The second-order valence-electron chi connectivity index (χ2n) is 19.7. The Morgan fingerprint density at radius 3 is 1.11 bits per heavy atom. The van der Waals surface area contributed by atoms with Gasteiger partial charge in [0.25, 0.3) is 0 Å². The van der Waals surface area contributed by atoms with Crippen molar-refractivity contribution in [3.63, 3.8) is 0 Å². The van der Waals surface area contributed by atoms with Crippen LogP contribution in [-0.2, 0) is 5.41 Å². The molecule has 0 bridgehead atoms. The van der Waals surface area contributed by atoms with Crippen LogP contribution in [0.15, 0.2) is 279 Å². The van der Waals surface area contributed by atoms with Gasteiger partial charge >= 0.3 is 0 Å². The molecule has 73 heavy (non-hydrogen) atoms. The van der Waals surface area contributed by atoms with Gasteiger partial charge in [0.2, 0.25) is 0 Å². The second-order valence-corrected chi connectivity index (χ2v) is 19.7. The first kappa shape index (κ1) is 43.8. The number of hydrogen-bond donors (Lipinski definition) is 0. The molecule has 2 nitrogen and oxygen atoms in total. The summed E-state index contributed by atoms with van der Waals surface area (Å²) in [5.74, 6) is 0. The standard InChI is InChI=1S/C71H52N2/c1-71(2)66-46-58(55-34-41-61(42-35-55)72(59-37-28-52(29-38-59)49-18-8-3-9-19-49)60-39-30-53(31-40-60)50-20-10-4-11-21-50)36-45-63(66)64-47-65-68(48-67(64)71)73(62-43-32-54(33-44-62)51-22-12-5-13-23-51)70(57-26-16-7-17-27-57)69(65)56-24-14-6-15-25-56/h3-48H,1-2H3. The number of nitrogens with zero attached hydrogens (tertiary/aromatic N) is 2. The molecule has 0 aliphatic heterocycles. The molecular weight excluding hydrogens is 881 g/mol. The monoisotopic (exact) mass is 932 g/mol. The zero-order chi connectivity index (χ0) is 48.9. The minimum Gasteiger partial charge on any atom is -0.311 e. The first-order valence-corrected chi connectivity index (χ1v) is 25.3. The molecule has 0 saturated carbocycles. The van der Waals surface area contributed by atoms with Gasteiger partial charge < -0.3 is 9.47 Å². The molecule has 0 radical (unpaired) electrons. The molecule has 0 fully saturated rings. The van der Waals surface area contributed by atoms with Crippen molar-refractivity contribution in [1.82, 2.24) is 4.57 Å². The van der Waals surface area contributed by atoms with Crippen molar-refractivity contribution in [1.29, 1.82) is 0 Å². The summed E-state index contributed by atoms with van der Waals surface area (Å²) >= 11 is 0. The summed E-state index contributed by atoms with van der Waals surface area (Å²) in [5, 5.41) is 1.24. The van der Waals surface area contributed by atoms with Crippen molar-refractivity contribution < 1.29 is 0 Å². The van der Waals surface area contributed by atoms with Gasteiger partial charge in [-0.2, -0.15) is 0 Å². The lowest BCUT2D eigenvalue weighted by Gasteiger charge is -2.26. The van der Waals surface area contributed by atoms with Gasteiger partial charge in [0, 0.05) is 39.1 Å². The fraction of sp³-hybridized carbons (Fsp3) is 0.0423. The Bertz CT molecular complexity index is 3810. The summed E-state index contributed by atoms with van der Waals surface area (Å²) in [7, 11) is 0. The van der Waals surface area contributed by atoms with Gasteiger partial charge in [0.05, 0.1) is 11.2 Å². The van der Waals surface area contributed by atoms with Gasteiger partial charge in [-0.3, -0.25) is 0 Å². The fourth-order valence-corrected chi connectivity index (χ4v) is 11.3. The molecule has 0 amide bonds. The maximum absolute atomic E-state index is 2.51. The lowest BCUT2D eigenvalue weighted by atomic mass is 9.81. The summed E-state index contributed by atoms with van der Waals surface area (Å²) < 4.78 is 2.51. The molecule has 346 valence electrons. The SMILES string of the molecule is CC1(C)c2cc(-c3ccc(N(c4ccc(-c5ccccc5)cc4)c4ccc(-c5ccccc5)cc4)cc3)ccc2-c2cc3c(-c4ccccc4)c(-c4ccccc4)n(-c4ccc(-c5ccccc5)cc4)c3cc21. The van der Waals surface area contributed by atoms with E-state index in [1.54, 1.807) is 0 Å². The van der Waals surface area contributed by atoms with Gasteiger partial charge in [0.15, 0.2) is 0 Å². The van der Waals surface area contributed by atoms with E-state index in [1.165, 1.54) is 100 Å². The number of aromatic nitrogens is 1. The Kier molecular flexibility index (Phi) is 10.9. The van der Waals surface area contributed by atoms with Crippen LogP contribution in [0.1, 0.15) is 25.0 Å². The number of rotatable bonds is 10. The number of anilines is 3. The highest BCUT2D eigenvalue weighted by Crippen LogP contribution is 2.54. The van der Waals surface area contributed by atoms with Crippen molar-refractivity contribution in [2.75, 3.05) is 4.90 Å². The van der Waals surface area contributed by atoms with E-state index in [-0.39, 0.29) is 5.41 Å². The molecule has 1 heterocycles. The zero-order valence-corrected chi connectivity index (χ0v) is 41.0. The van der Waals surface area contributed by atoms with E-state index < -0.39 is 0 Å². The Morgan fingerprint density at radius 1 is 0.301 bits per heavy atom. The number of benzene rings is 11. The summed E-state index contributed by atoms with van der Waals surface area (Å²) in [6, 6.07) is 102. The van der Waals surface area contributed by atoms with Crippen molar-refractivity contribution in [3.05, 3.63) is 290 Å². The predicted molar refractivity (Wildman–Crippen MR) is 308 cm³/mol. The third kappa shape index (κ3) is 7.85. The largest absolute Gasteiger partial charge is 0.311 e. The van der Waals surface area contributed by atoms with Crippen LogP contribution in [-0.4, -0.2) is 4.57 Å². The molecule has 0 unspecified atom stereocenters. The van der Waals surface area contributed by atoms with E-state index in [4.69, 9.17) is 0 Å². The lowest BCUT2D eigenvalue weighted by molar-refractivity contribution is 0.661. The van der Waals surface area contributed by atoms with Gasteiger partial charge in [-0.05, 0) is 145 Å². The molecule has 0 N–H and O–H groups in total. The fourth-order valence-electron chi connectivity index (χ4n) is 11.3. The van der Waals surface area contributed by atoms with E-state index in [0.717, 1.165) is 22.7 Å². The lowest BCUT2D eigenvalue weighted by Crippen LogP contribution is -2.15. The molecule has 1 aliphatic carbocycles. The molecule has 1 aliphatic rings. The zero-order valence-electron chi connectivity index (χ0n) is 41.0. The topological polar surface area (TPSA) is 8.17 Å². The van der Waals surface area contributed by atoms with Crippen LogP contribution in [0.5, 0.6) is 0 Å². The van der Waals surface area contributed by atoms with Crippen LogP contribution in [0.2, 0.25) is 0 Å². The van der Waals surface area contributed by atoms with Gasteiger partial charge in [-0.25, -0.2) is 0 Å². The summed E-state index contributed by atoms with van der Waals surface area (Å²) in [5.41, 5.74) is 25.1. The van der Waals surface area contributed by atoms with Crippen LogP contribution in [0.4, 0.5) is 17.1 Å². The highest BCUT2D eigenvalue weighted by molar-refractivity contribution is 6.08. The molecule has 0 saturated heterocycles. The van der Waals surface area contributed by atoms with E-state index in [2.05, 4.69) is 302 Å².